The van der Waals surface area contributed by atoms with E-state index in [1.165, 1.54) is 16.7 Å². The molecule has 2 heteroatoms. The largest absolute Gasteiger partial charge is 0.312 e. The average Bonchev–Trinajstić information content (AvgIpc) is 2.31. The molecule has 0 spiro atoms. The molecule has 94 valence electrons. The minimum atomic E-state index is 0.527. The predicted octanol–water partition coefficient (Wildman–Crippen LogP) is 2.66. The minimum absolute atomic E-state index is 0.527. The van der Waals surface area contributed by atoms with Gasteiger partial charge in [0.1, 0.15) is 0 Å². The van der Waals surface area contributed by atoms with Gasteiger partial charge in [-0.25, -0.2) is 0 Å². The van der Waals surface area contributed by atoms with Gasteiger partial charge in [-0.2, -0.15) is 0 Å². The van der Waals surface area contributed by atoms with Gasteiger partial charge in [0, 0.05) is 31.7 Å². The quantitative estimate of drug-likeness (QED) is 0.843. The molecule has 2 rings (SSSR count). The van der Waals surface area contributed by atoms with Crippen LogP contribution in [0.2, 0.25) is 0 Å². The Kier molecular flexibility index (Phi) is 3.85. The van der Waals surface area contributed by atoms with Gasteiger partial charge in [0.15, 0.2) is 0 Å². The van der Waals surface area contributed by atoms with Crippen LogP contribution >= 0.6 is 0 Å². The maximum atomic E-state index is 3.50. The van der Waals surface area contributed by atoms with Crippen molar-refractivity contribution in [2.45, 2.75) is 39.8 Å². The van der Waals surface area contributed by atoms with Crippen molar-refractivity contribution >= 4 is 0 Å². The first-order valence-corrected chi connectivity index (χ1v) is 6.62. The number of aryl methyl sites for hydroxylation is 2. The maximum Gasteiger partial charge on any atom is 0.0323 e. The zero-order valence-electron chi connectivity index (χ0n) is 11.5. The molecule has 1 aliphatic rings. The van der Waals surface area contributed by atoms with Crippen LogP contribution in [-0.2, 0) is 0 Å². The van der Waals surface area contributed by atoms with E-state index in [0.29, 0.717) is 12.1 Å². The molecule has 1 aromatic carbocycles. The Hall–Kier alpha value is -0.860. The van der Waals surface area contributed by atoms with Crippen LogP contribution in [0.1, 0.15) is 36.6 Å². The van der Waals surface area contributed by atoms with Crippen LogP contribution in [0.4, 0.5) is 0 Å². The number of rotatable bonds is 2. The van der Waals surface area contributed by atoms with Gasteiger partial charge < -0.3 is 5.32 Å². The first-order valence-electron chi connectivity index (χ1n) is 6.62. The molecule has 1 aliphatic heterocycles. The summed E-state index contributed by atoms with van der Waals surface area (Å²) in [6, 6.07) is 7.92. The van der Waals surface area contributed by atoms with Crippen LogP contribution < -0.4 is 5.32 Å². The maximum absolute atomic E-state index is 3.50. The fourth-order valence-corrected chi connectivity index (χ4v) is 2.72. The van der Waals surface area contributed by atoms with Crippen molar-refractivity contribution in [3.63, 3.8) is 0 Å². The molecule has 0 aromatic heterocycles. The molecule has 1 heterocycles. The lowest BCUT2D eigenvalue weighted by Gasteiger charge is -2.37. The Balaban J connectivity index is 2.18. The lowest BCUT2D eigenvalue weighted by Crippen LogP contribution is -2.49. The van der Waals surface area contributed by atoms with Crippen molar-refractivity contribution < 1.29 is 0 Å². The monoisotopic (exact) mass is 232 g/mol. The summed E-state index contributed by atoms with van der Waals surface area (Å²) >= 11 is 0. The molecule has 0 radical (unpaired) electrons. The fraction of sp³-hybridized carbons (Fsp3) is 0.600. The van der Waals surface area contributed by atoms with Crippen LogP contribution in [0.5, 0.6) is 0 Å². The van der Waals surface area contributed by atoms with E-state index in [2.05, 4.69) is 56.1 Å². The highest BCUT2D eigenvalue weighted by Crippen LogP contribution is 2.25. The Labute approximate surface area is 105 Å². The highest BCUT2D eigenvalue weighted by atomic mass is 15.2. The topological polar surface area (TPSA) is 15.3 Å². The smallest absolute Gasteiger partial charge is 0.0323 e. The minimum Gasteiger partial charge on any atom is -0.312 e. The van der Waals surface area contributed by atoms with Gasteiger partial charge in [0.2, 0.25) is 0 Å². The standard InChI is InChI=1S/C15H24N2/c1-11-5-6-12(2)15(9-11)14(4)17-8-7-16-13(3)10-17/h5-6,9,13-14,16H,7-8,10H2,1-4H3. The second-order valence-electron chi connectivity index (χ2n) is 5.39. The van der Waals surface area contributed by atoms with Crippen LogP contribution in [0.15, 0.2) is 18.2 Å². The number of hydrogen-bond donors (Lipinski definition) is 1. The van der Waals surface area contributed by atoms with E-state index in [1.54, 1.807) is 0 Å². The number of benzene rings is 1. The van der Waals surface area contributed by atoms with Crippen molar-refractivity contribution in [2.75, 3.05) is 19.6 Å². The van der Waals surface area contributed by atoms with Gasteiger partial charge in [-0.1, -0.05) is 23.8 Å². The van der Waals surface area contributed by atoms with E-state index in [0.717, 1.165) is 19.6 Å². The summed E-state index contributed by atoms with van der Waals surface area (Å²) < 4.78 is 0. The van der Waals surface area contributed by atoms with Crippen LogP contribution in [0.3, 0.4) is 0 Å². The summed E-state index contributed by atoms with van der Waals surface area (Å²) in [5, 5.41) is 3.50. The molecule has 2 nitrogen and oxygen atoms in total. The van der Waals surface area contributed by atoms with Crippen LogP contribution in [0.25, 0.3) is 0 Å². The van der Waals surface area contributed by atoms with Crippen molar-refractivity contribution in [3.8, 4) is 0 Å². The Morgan fingerprint density at radius 3 is 2.82 bits per heavy atom. The summed E-state index contributed by atoms with van der Waals surface area (Å²) in [6.45, 7) is 12.4. The van der Waals surface area contributed by atoms with E-state index < -0.39 is 0 Å². The van der Waals surface area contributed by atoms with Crippen LogP contribution in [-0.4, -0.2) is 30.6 Å². The molecule has 2 unspecified atom stereocenters. The number of nitrogens with zero attached hydrogens (tertiary/aromatic N) is 1. The van der Waals surface area contributed by atoms with Crippen molar-refractivity contribution in [1.29, 1.82) is 0 Å². The normalized spacial score (nSPS) is 23.6. The molecule has 0 aliphatic carbocycles. The summed E-state index contributed by atoms with van der Waals surface area (Å²) in [4.78, 5) is 2.59. The van der Waals surface area contributed by atoms with Crippen molar-refractivity contribution in [2.24, 2.45) is 0 Å². The van der Waals surface area contributed by atoms with Gasteiger partial charge in [-0.15, -0.1) is 0 Å². The molecule has 17 heavy (non-hydrogen) atoms. The third-order valence-electron chi connectivity index (χ3n) is 3.83. The predicted molar refractivity (Wildman–Crippen MR) is 73.4 cm³/mol. The third-order valence-corrected chi connectivity index (χ3v) is 3.83. The molecule has 1 aromatic rings. The fourth-order valence-electron chi connectivity index (χ4n) is 2.72. The van der Waals surface area contributed by atoms with Crippen LogP contribution in [0, 0.1) is 13.8 Å². The van der Waals surface area contributed by atoms with E-state index >= 15 is 0 Å². The van der Waals surface area contributed by atoms with E-state index in [9.17, 15) is 0 Å². The molecule has 1 N–H and O–H groups in total. The molecule has 1 fully saturated rings. The van der Waals surface area contributed by atoms with Gasteiger partial charge in [0.05, 0.1) is 0 Å². The average molecular weight is 232 g/mol. The molecule has 0 bridgehead atoms. The summed E-state index contributed by atoms with van der Waals surface area (Å²) in [7, 11) is 0. The number of hydrogen-bond acceptors (Lipinski definition) is 2. The second kappa shape index (κ2) is 5.19. The summed E-state index contributed by atoms with van der Waals surface area (Å²) in [6.07, 6.45) is 0. The molecule has 0 amide bonds. The second-order valence-corrected chi connectivity index (χ2v) is 5.39. The lowest BCUT2D eigenvalue weighted by molar-refractivity contribution is 0.158. The molecule has 2 atom stereocenters. The first-order chi connectivity index (χ1) is 8.08. The lowest BCUT2D eigenvalue weighted by atomic mass is 9.98. The summed E-state index contributed by atoms with van der Waals surface area (Å²) in [5.74, 6) is 0. The number of piperazine rings is 1. The van der Waals surface area contributed by atoms with Gasteiger partial charge in [-0.3, -0.25) is 4.90 Å². The zero-order chi connectivity index (χ0) is 12.4. The van der Waals surface area contributed by atoms with Gasteiger partial charge in [0.25, 0.3) is 0 Å². The van der Waals surface area contributed by atoms with E-state index in [-0.39, 0.29) is 0 Å². The third kappa shape index (κ3) is 2.88. The Morgan fingerprint density at radius 1 is 1.35 bits per heavy atom. The SMILES string of the molecule is Cc1ccc(C)c(C(C)N2CCNC(C)C2)c1. The molecular weight excluding hydrogens is 208 g/mol. The highest BCUT2D eigenvalue weighted by Gasteiger charge is 2.22. The zero-order valence-corrected chi connectivity index (χ0v) is 11.5. The van der Waals surface area contributed by atoms with Crippen molar-refractivity contribution in [3.05, 3.63) is 34.9 Å². The first kappa shape index (κ1) is 12.6. The number of nitrogens with one attached hydrogen (secondary N) is 1. The van der Waals surface area contributed by atoms with E-state index in [1.807, 2.05) is 0 Å². The molecular formula is C15H24N2. The van der Waals surface area contributed by atoms with E-state index in [4.69, 9.17) is 0 Å². The van der Waals surface area contributed by atoms with Crippen molar-refractivity contribution in [1.82, 2.24) is 10.2 Å². The van der Waals surface area contributed by atoms with Gasteiger partial charge >= 0.3 is 0 Å². The van der Waals surface area contributed by atoms with Gasteiger partial charge in [-0.05, 0) is 38.8 Å². The molecule has 0 saturated carbocycles. The molecule has 1 saturated heterocycles. The summed E-state index contributed by atoms with van der Waals surface area (Å²) in [5.41, 5.74) is 4.26. The Bertz CT molecular complexity index is 387. The Morgan fingerprint density at radius 2 is 2.12 bits per heavy atom. The highest BCUT2D eigenvalue weighted by molar-refractivity contribution is 5.32.